The fourth-order valence-electron chi connectivity index (χ4n) is 2.53. The van der Waals surface area contributed by atoms with E-state index in [1.54, 1.807) is 0 Å². The highest BCUT2D eigenvalue weighted by molar-refractivity contribution is 6.67. The Kier molecular flexibility index (Phi) is 13.6. The first-order valence-corrected chi connectivity index (χ1v) is 10.9. The van der Waals surface area contributed by atoms with Gasteiger partial charge in [0, 0.05) is 19.3 Å². The predicted molar refractivity (Wildman–Crippen MR) is 93.2 cm³/mol. The minimum Gasteiger partial charge on any atom is -0.463 e. The SMILES string of the molecule is C=CC(=O)OCCCCCCCC[Si](CC)(OCC)OCC. The van der Waals surface area contributed by atoms with Crippen molar-refractivity contribution in [1.29, 1.82) is 0 Å². The maximum Gasteiger partial charge on any atom is 0.337 e. The number of ether oxygens (including phenoxy) is 1. The second-order valence-electron chi connectivity index (χ2n) is 5.37. The van der Waals surface area contributed by atoms with Gasteiger partial charge < -0.3 is 13.6 Å². The van der Waals surface area contributed by atoms with E-state index in [9.17, 15) is 4.79 Å². The van der Waals surface area contributed by atoms with E-state index in [0.29, 0.717) is 6.61 Å². The lowest BCUT2D eigenvalue weighted by Crippen LogP contribution is -2.41. The van der Waals surface area contributed by atoms with Crippen molar-refractivity contribution in [1.82, 2.24) is 0 Å². The lowest BCUT2D eigenvalue weighted by molar-refractivity contribution is -0.137. The van der Waals surface area contributed by atoms with E-state index >= 15 is 0 Å². The Balaban J connectivity index is 3.65. The lowest BCUT2D eigenvalue weighted by atomic mass is 10.1. The Morgan fingerprint density at radius 3 is 2.00 bits per heavy atom. The quantitative estimate of drug-likeness (QED) is 0.191. The Morgan fingerprint density at radius 1 is 0.955 bits per heavy atom. The van der Waals surface area contributed by atoms with Gasteiger partial charge in [0.05, 0.1) is 6.61 Å². The third kappa shape index (κ3) is 10.1. The molecule has 0 amide bonds. The van der Waals surface area contributed by atoms with Crippen LogP contribution >= 0.6 is 0 Å². The van der Waals surface area contributed by atoms with Crippen LogP contribution in [-0.4, -0.2) is 34.4 Å². The molecule has 0 rings (SSSR count). The topological polar surface area (TPSA) is 44.8 Å². The van der Waals surface area contributed by atoms with Crippen LogP contribution in [0.5, 0.6) is 0 Å². The monoisotopic (exact) mass is 330 g/mol. The molecule has 0 aromatic heterocycles. The van der Waals surface area contributed by atoms with Crippen LogP contribution in [0.15, 0.2) is 12.7 Å². The molecule has 0 saturated heterocycles. The van der Waals surface area contributed by atoms with Crippen LogP contribution < -0.4 is 0 Å². The molecule has 5 heteroatoms. The van der Waals surface area contributed by atoms with Gasteiger partial charge in [0.15, 0.2) is 0 Å². The second-order valence-corrected chi connectivity index (χ2v) is 8.98. The van der Waals surface area contributed by atoms with E-state index in [-0.39, 0.29) is 5.97 Å². The summed E-state index contributed by atoms with van der Waals surface area (Å²) in [5, 5.41) is 0. The maximum absolute atomic E-state index is 10.9. The molecule has 0 aromatic carbocycles. The highest BCUT2D eigenvalue weighted by Gasteiger charge is 2.33. The highest BCUT2D eigenvalue weighted by Crippen LogP contribution is 2.22. The summed E-state index contributed by atoms with van der Waals surface area (Å²) in [7, 11) is -1.93. The van der Waals surface area contributed by atoms with E-state index in [0.717, 1.165) is 38.1 Å². The average Bonchev–Trinajstić information content (AvgIpc) is 2.53. The number of carbonyl (C=O) groups is 1. The number of hydrogen-bond acceptors (Lipinski definition) is 4. The summed E-state index contributed by atoms with van der Waals surface area (Å²) in [5.41, 5.74) is 0. The molecule has 0 atom stereocenters. The summed E-state index contributed by atoms with van der Waals surface area (Å²) in [6, 6.07) is 2.13. The number of carbonyl (C=O) groups excluding carboxylic acids is 1. The van der Waals surface area contributed by atoms with Gasteiger partial charge in [-0.25, -0.2) is 4.79 Å². The number of rotatable bonds is 15. The molecule has 0 N–H and O–H groups in total. The third-order valence-corrected chi connectivity index (χ3v) is 7.54. The summed E-state index contributed by atoms with van der Waals surface area (Å²) >= 11 is 0. The Labute approximate surface area is 137 Å². The molecule has 0 spiro atoms. The molecule has 0 aliphatic rings. The summed E-state index contributed by atoms with van der Waals surface area (Å²) in [4.78, 5) is 10.9. The minimum absolute atomic E-state index is 0.326. The van der Waals surface area contributed by atoms with Crippen LogP contribution in [0.25, 0.3) is 0 Å². The molecule has 0 radical (unpaired) electrons. The van der Waals surface area contributed by atoms with Crippen LogP contribution in [-0.2, 0) is 18.4 Å². The van der Waals surface area contributed by atoms with Crippen LogP contribution in [0.4, 0.5) is 0 Å². The predicted octanol–water partition coefficient (Wildman–Crippen LogP) is 4.59. The van der Waals surface area contributed by atoms with Gasteiger partial charge in [-0.3, -0.25) is 0 Å². The Morgan fingerprint density at radius 2 is 1.50 bits per heavy atom. The molecule has 130 valence electrons. The van der Waals surface area contributed by atoms with E-state index in [2.05, 4.69) is 27.4 Å². The smallest absolute Gasteiger partial charge is 0.337 e. The van der Waals surface area contributed by atoms with Crippen molar-refractivity contribution in [3.8, 4) is 0 Å². The van der Waals surface area contributed by atoms with Crippen LogP contribution in [0, 0.1) is 0 Å². The van der Waals surface area contributed by atoms with Gasteiger partial charge >= 0.3 is 14.5 Å². The molecule has 22 heavy (non-hydrogen) atoms. The second kappa shape index (κ2) is 14.0. The first-order valence-electron chi connectivity index (χ1n) is 8.71. The van der Waals surface area contributed by atoms with Crippen molar-refractivity contribution in [2.45, 2.75) is 71.4 Å². The van der Waals surface area contributed by atoms with Crippen molar-refractivity contribution in [2.24, 2.45) is 0 Å². The van der Waals surface area contributed by atoms with Gasteiger partial charge in [0.25, 0.3) is 0 Å². The van der Waals surface area contributed by atoms with Crippen molar-refractivity contribution >= 4 is 14.5 Å². The molecular weight excluding hydrogens is 296 g/mol. The van der Waals surface area contributed by atoms with E-state index < -0.39 is 8.56 Å². The standard InChI is InChI=1S/C17H34O4Si/c1-5-17(18)19-15-13-11-9-10-12-14-16-22(8-4,20-6-2)21-7-3/h5H,1,6-16H2,2-4H3. The largest absolute Gasteiger partial charge is 0.463 e. The van der Waals surface area contributed by atoms with Gasteiger partial charge in [0.2, 0.25) is 0 Å². The average molecular weight is 331 g/mol. The van der Waals surface area contributed by atoms with E-state index in [1.807, 2.05) is 0 Å². The van der Waals surface area contributed by atoms with Gasteiger partial charge in [0.1, 0.15) is 0 Å². The van der Waals surface area contributed by atoms with Crippen molar-refractivity contribution in [2.75, 3.05) is 19.8 Å². The molecule has 0 heterocycles. The Bertz CT molecular complexity index is 288. The molecule has 4 nitrogen and oxygen atoms in total. The number of hydrogen-bond donors (Lipinski definition) is 0. The van der Waals surface area contributed by atoms with Crippen LogP contribution in [0.2, 0.25) is 12.1 Å². The van der Waals surface area contributed by atoms with Crippen molar-refractivity contribution < 1.29 is 18.4 Å². The molecule has 0 fully saturated rings. The number of esters is 1. The fourth-order valence-corrected chi connectivity index (χ4v) is 5.50. The highest BCUT2D eigenvalue weighted by atomic mass is 28.4. The normalized spacial score (nSPS) is 11.4. The van der Waals surface area contributed by atoms with E-state index in [1.165, 1.54) is 31.8 Å². The number of unbranched alkanes of at least 4 members (excludes halogenated alkanes) is 5. The molecule has 0 saturated carbocycles. The molecule has 0 unspecified atom stereocenters. The first-order chi connectivity index (χ1) is 10.6. The van der Waals surface area contributed by atoms with Gasteiger partial charge in [-0.15, -0.1) is 0 Å². The zero-order valence-corrected chi connectivity index (χ0v) is 15.7. The fraction of sp³-hybridized carbons (Fsp3) is 0.824. The summed E-state index contributed by atoms with van der Waals surface area (Å²) in [6.45, 7) is 11.7. The summed E-state index contributed by atoms with van der Waals surface area (Å²) in [6.07, 6.45) is 8.08. The molecular formula is C17H34O4Si. The van der Waals surface area contributed by atoms with Crippen LogP contribution in [0.1, 0.15) is 59.3 Å². The minimum atomic E-state index is -1.93. The van der Waals surface area contributed by atoms with E-state index in [4.69, 9.17) is 13.6 Å². The Hall–Kier alpha value is -0.653. The lowest BCUT2D eigenvalue weighted by Gasteiger charge is -2.28. The maximum atomic E-state index is 10.9. The van der Waals surface area contributed by atoms with Gasteiger partial charge in [-0.1, -0.05) is 45.6 Å². The zero-order valence-electron chi connectivity index (χ0n) is 14.7. The van der Waals surface area contributed by atoms with Crippen molar-refractivity contribution in [3.63, 3.8) is 0 Å². The molecule has 0 aliphatic heterocycles. The zero-order chi connectivity index (χ0) is 16.7. The van der Waals surface area contributed by atoms with Gasteiger partial charge in [-0.05, 0) is 32.4 Å². The van der Waals surface area contributed by atoms with Gasteiger partial charge in [-0.2, -0.15) is 0 Å². The molecule has 0 aromatic rings. The van der Waals surface area contributed by atoms with Crippen LogP contribution in [0.3, 0.4) is 0 Å². The third-order valence-electron chi connectivity index (χ3n) is 3.72. The summed E-state index contributed by atoms with van der Waals surface area (Å²) < 4.78 is 16.9. The molecule has 0 bridgehead atoms. The summed E-state index contributed by atoms with van der Waals surface area (Å²) in [5.74, 6) is -0.326. The molecule has 0 aliphatic carbocycles. The first kappa shape index (κ1) is 21.3. The van der Waals surface area contributed by atoms with Crippen molar-refractivity contribution in [3.05, 3.63) is 12.7 Å².